The van der Waals surface area contributed by atoms with Crippen LogP contribution in [-0.2, 0) is 0 Å². The fourth-order valence-corrected chi connectivity index (χ4v) is 2.45. The number of Topliss-reactive ketones (excluding diaryl/α,β-unsaturated/α-hetero) is 1. The molecule has 0 aliphatic rings. The highest BCUT2D eigenvalue weighted by atomic mass is 32.2. The molecular weight excluding hydrogens is 304 g/mol. The Morgan fingerprint density at radius 1 is 1.18 bits per heavy atom. The summed E-state index contributed by atoms with van der Waals surface area (Å²) < 4.78 is 5.82. The maximum Gasteiger partial charge on any atom is 0.307 e. The summed E-state index contributed by atoms with van der Waals surface area (Å²) in [5.41, 5.74) is 0.465. The fraction of sp³-hybridized carbons (Fsp3) is 0.0714. The number of hydrogen-bond donors (Lipinski definition) is 0. The van der Waals surface area contributed by atoms with E-state index >= 15 is 0 Å². The SMILES string of the molecule is O=C(CSc1ncccn1)c1c([O-])on[n+]1-c1ccccc1. The third-order valence-electron chi connectivity index (χ3n) is 2.75. The van der Waals surface area contributed by atoms with Gasteiger partial charge in [0, 0.05) is 24.5 Å². The van der Waals surface area contributed by atoms with Crippen LogP contribution in [0.1, 0.15) is 10.5 Å². The Morgan fingerprint density at radius 2 is 1.91 bits per heavy atom. The minimum Gasteiger partial charge on any atom is -0.539 e. The lowest BCUT2D eigenvalue weighted by Crippen LogP contribution is -2.39. The monoisotopic (exact) mass is 314 g/mol. The summed E-state index contributed by atoms with van der Waals surface area (Å²) in [4.78, 5) is 20.3. The van der Waals surface area contributed by atoms with Crippen LogP contribution in [0.5, 0.6) is 5.95 Å². The Kier molecular flexibility index (Phi) is 4.10. The minimum absolute atomic E-state index is 0.0211. The summed E-state index contributed by atoms with van der Waals surface area (Å²) in [5.74, 6) is -1.14. The van der Waals surface area contributed by atoms with Crippen LogP contribution >= 0.6 is 11.8 Å². The van der Waals surface area contributed by atoms with Gasteiger partial charge in [0.2, 0.25) is 11.5 Å². The van der Waals surface area contributed by atoms with Gasteiger partial charge in [-0.1, -0.05) is 30.0 Å². The number of nitrogens with zero attached hydrogens (tertiary/aromatic N) is 4. The van der Waals surface area contributed by atoms with E-state index in [-0.39, 0.29) is 11.4 Å². The molecule has 22 heavy (non-hydrogen) atoms. The normalized spacial score (nSPS) is 10.5. The van der Waals surface area contributed by atoms with Crippen molar-refractivity contribution in [1.82, 2.24) is 15.2 Å². The van der Waals surface area contributed by atoms with Gasteiger partial charge in [0.25, 0.3) is 0 Å². The zero-order valence-corrected chi connectivity index (χ0v) is 12.1. The van der Waals surface area contributed by atoms with E-state index < -0.39 is 11.7 Å². The zero-order valence-electron chi connectivity index (χ0n) is 11.2. The number of para-hydroxylation sites is 1. The highest BCUT2D eigenvalue weighted by Crippen LogP contribution is 2.17. The van der Waals surface area contributed by atoms with E-state index in [9.17, 15) is 9.90 Å². The lowest BCUT2D eigenvalue weighted by atomic mass is 10.3. The number of carbonyl (C=O) groups excluding carboxylic acids is 1. The number of rotatable bonds is 5. The van der Waals surface area contributed by atoms with Gasteiger partial charge in [0.1, 0.15) is 0 Å². The highest BCUT2D eigenvalue weighted by Gasteiger charge is 2.27. The van der Waals surface area contributed by atoms with E-state index in [2.05, 4.69) is 19.8 Å². The molecule has 2 heterocycles. The number of thioether (sulfide) groups is 1. The molecule has 0 aliphatic carbocycles. The minimum atomic E-state index is -0.761. The summed E-state index contributed by atoms with van der Waals surface area (Å²) in [5, 5.41) is 15.8. The zero-order chi connectivity index (χ0) is 15.4. The average Bonchev–Trinajstić information content (AvgIpc) is 2.96. The van der Waals surface area contributed by atoms with Crippen molar-refractivity contribution in [2.75, 3.05) is 5.75 Å². The number of benzene rings is 1. The molecule has 0 saturated carbocycles. The molecule has 0 saturated heterocycles. The second-order valence-electron chi connectivity index (χ2n) is 4.20. The molecule has 0 atom stereocenters. The fourth-order valence-electron chi connectivity index (χ4n) is 1.78. The molecule has 0 unspecified atom stereocenters. The standard InChI is InChI=1S/C14H10N4O3S/c19-11(9-22-14-15-7-4-8-16-14)12-13(20)21-17-18(12)10-5-2-1-3-6-10/h1-8H,9H2. The van der Waals surface area contributed by atoms with E-state index in [1.54, 1.807) is 42.7 Å². The molecule has 0 fully saturated rings. The highest BCUT2D eigenvalue weighted by molar-refractivity contribution is 7.99. The third kappa shape index (κ3) is 2.96. The molecule has 0 amide bonds. The van der Waals surface area contributed by atoms with Crippen LogP contribution in [0.15, 0.2) is 58.5 Å². The first-order chi connectivity index (χ1) is 10.8. The van der Waals surface area contributed by atoms with Gasteiger partial charge < -0.3 is 9.63 Å². The van der Waals surface area contributed by atoms with Gasteiger partial charge in [-0.25, -0.2) is 9.97 Å². The van der Waals surface area contributed by atoms with Gasteiger partial charge in [-0.05, 0) is 10.7 Å². The van der Waals surface area contributed by atoms with Gasteiger partial charge in [-0.2, -0.15) is 0 Å². The smallest absolute Gasteiger partial charge is 0.307 e. The molecule has 1 aromatic carbocycles. The van der Waals surface area contributed by atoms with E-state index in [4.69, 9.17) is 0 Å². The Balaban J connectivity index is 1.82. The van der Waals surface area contributed by atoms with Crippen molar-refractivity contribution in [2.24, 2.45) is 0 Å². The molecule has 3 rings (SSSR count). The lowest BCUT2D eigenvalue weighted by molar-refractivity contribution is -0.672. The van der Waals surface area contributed by atoms with Crippen LogP contribution in [0.3, 0.4) is 0 Å². The maximum absolute atomic E-state index is 12.3. The van der Waals surface area contributed by atoms with E-state index in [0.717, 1.165) is 11.8 Å². The molecule has 110 valence electrons. The van der Waals surface area contributed by atoms with Gasteiger partial charge in [-0.3, -0.25) is 4.79 Å². The van der Waals surface area contributed by atoms with E-state index in [1.807, 2.05) is 6.07 Å². The number of carbonyl (C=O) groups is 1. The van der Waals surface area contributed by atoms with Crippen molar-refractivity contribution in [2.45, 2.75) is 5.16 Å². The summed E-state index contributed by atoms with van der Waals surface area (Å²) in [6, 6.07) is 10.5. The van der Waals surface area contributed by atoms with E-state index in [0.29, 0.717) is 10.8 Å². The predicted molar refractivity (Wildman–Crippen MR) is 74.6 cm³/mol. The second kappa shape index (κ2) is 6.35. The first-order valence-electron chi connectivity index (χ1n) is 6.33. The summed E-state index contributed by atoms with van der Waals surface area (Å²) in [6.45, 7) is 0. The first-order valence-corrected chi connectivity index (χ1v) is 7.32. The molecule has 2 aromatic heterocycles. The first kappa shape index (κ1) is 14.2. The van der Waals surface area contributed by atoms with Crippen molar-refractivity contribution in [3.8, 4) is 11.6 Å². The summed E-state index contributed by atoms with van der Waals surface area (Å²) >= 11 is 1.15. The Hall–Kier alpha value is -2.74. The van der Waals surface area contributed by atoms with Crippen molar-refractivity contribution in [1.29, 1.82) is 0 Å². The van der Waals surface area contributed by atoms with Crippen LogP contribution in [-0.4, -0.2) is 26.8 Å². The van der Waals surface area contributed by atoms with Crippen molar-refractivity contribution in [3.63, 3.8) is 0 Å². The Labute approximate surface area is 129 Å². The number of hydrogen-bond acceptors (Lipinski definition) is 7. The van der Waals surface area contributed by atoms with Crippen LogP contribution in [0.4, 0.5) is 0 Å². The molecule has 0 N–H and O–H groups in total. The third-order valence-corrected chi connectivity index (χ3v) is 3.63. The van der Waals surface area contributed by atoms with Crippen LogP contribution in [0.25, 0.3) is 5.69 Å². The Morgan fingerprint density at radius 3 is 2.64 bits per heavy atom. The van der Waals surface area contributed by atoms with Gasteiger partial charge in [-0.15, -0.1) is 0 Å². The predicted octanol–water partition coefficient (Wildman–Crippen LogP) is 0.790. The molecular formula is C14H10N4O3S. The van der Waals surface area contributed by atoms with Crippen molar-refractivity contribution >= 4 is 17.5 Å². The molecule has 0 radical (unpaired) electrons. The van der Waals surface area contributed by atoms with Crippen LogP contribution in [0.2, 0.25) is 0 Å². The molecule has 8 heteroatoms. The van der Waals surface area contributed by atoms with Gasteiger partial charge in [0.15, 0.2) is 11.1 Å². The van der Waals surface area contributed by atoms with Gasteiger partial charge >= 0.3 is 5.69 Å². The second-order valence-corrected chi connectivity index (χ2v) is 5.14. The van der Waals surface area contributed by atoms with Crippen LogP contribution < -0.4 is 9.79 Å². The molecule has 7 nitrogen and oxygen atoms in total. The summed E-state index contributed by atoms with van der Waals surface area (Å²) in [6.07, 6.45) is 3.17. The molecule has 3 aromatic rings. The topological polar surface area (TPSA) is 95.8 Å². The van der Waals surface area contributed by atoms with Crippen molar-refractivity contribution < 1.29 is 19.1 Å². The number of ketones is 1. The van der Waals surface area contributed by atoms with E-state index in [1.165, 1.54) is 4.68 Å². The Bertz CT molecular complexity index is 777. The van der Waals surface area contributed by atoms with Gasteiger partial charge in [0.05, 0.1) is 11.0 Å². The lowest BCUT2D eigenvalue weighted by Gasteiger charge is -1.98. The quantitative estimate of drug-likeness (QED) is 0.297. The molecule has 0 aliphatic heterocycles. The van der Waals surface area contributed by atoms with Crippen LogP contribution in [0, 0.1) is 0 Å². The largest absolute Gasteiger partial charge is 0.539 e. The van der Waals surface area contributed by atoms with Crippen molar-refractivity contribution in [3.05, 3.63) is 54.5 Å². The average molecular weight is 314 g/mol. The molecule has 0 bridgehead atoms. The maximum atomic E-state index is 12.3. The summed E-state index contributed by atoms with van der Waals surface area (Å²) in [7, 11) is 0. The number of aromatic nitrogens is 4. The molecule has 0 spiro atoms.